The zero-order valence-electron chi connectivity index (χ0n) is 3.44. The van der Waals surface area contributed by atoms with Gasteiger partial charge in [-0.05, 0) is 6.20 Å². The summed E-state index contributed by atoms with van der Waals surface area (Å²) in [6.07, 6.45) is 1.56. The Kier molecular flexibility index (Phi) is 3.32. The van der Waals surface area contributed by atoms with Crippen LogP contribution >= 0.6 is 0 Å². The largest absolute Gasteiger partial charge is 0.406 e. The van der Waals surface area contributed by atoms with Gasteiger partial charge in [-0.2, -0.15) is 0 Å². The maximum Gasteiger partial charge on any atom is 0.146 e. The number of hydrogen-bond donors (Lipinski definition) is 1. The first-order valence-electron chi connectivity index (χ1n) is 1.78. The van der Waals surface area contributed by atoms with Crippen LogP contribution in [0.2, 0.25) is 6.82 Å². The molecule has 2 heteroatoms. The van der Waals surface area contributed by atoms with Crippen molar-refractivity contribution in [3.05, 3.63) is 12.2 Å². The Morgan fingerprint density at radius 3 is 2.40 bits per heavy atom. The minimum atomic E-state index is 1.04. The molecule has 0 aromatic rings. The van der Waals surface area contributed by atoms with Crippen molar-refractivity contribution < 1.29 is 0 Å². The van der Waals surface area contributed by atoms with Crippen molar-refractivity contribution >= 4 is 7.28 Å². The van der Waals surface area contributed by atoms with Crippen LogP contribution in [0, 0.1) is 0 Å². The molecule has 0 aliphatic carbocycles. The summed E-state index contributed by atoms with van der Waals surface area (Å²) in [4.78, 5) is 0. The lowest BCUT2D eigenvalue weighted by Gasteiger charge is -1.63. The van der Waals surface area contributed by atoms with E-state index in [-0.39, 0.29) is 0 Å². The topological polar surface area (TPSA) is 26.0 Å². The molecule has 0 saturated carbocycles. The van der Waals surface area contributed by atoms with Crippen molar-refractivity contribution in [2.75, 3.05) is 0 Å². The van der Waals surface area contributed by atoms with Crippen molar-refractivity contribution in [2.24, 2.45) is 5.73 Å². The van der Waals surface area contributed by atoms with Gasteiger partial charge in [-0.1, -0.05) is 6.82 Å². The van der Waals surface area contributed by atoms with E-state index >= 15 is 0 Å². The highest BCUT2D eigenvalue weighted by Gasteiger charge is 1.57. The molecule has 0 rings (SSSR count). The zero-order valence-corrected chi connectivity index (χ0v) is 3.44. The first-order chi connectivity index (χ1) is 2.41. The van der Waals surface area contributed by atoms with Crippen molar-refractivity contribution in [1.29, 1.82) is 0 Å². The van der Waals surface area contributed by atoms with E-state index in [0.29, 0.717) is 0 Å². The van der Waals surface area contributed by atoms with Crippen LogP contribution in [0.3, 0.4) is 0 Å². The highest BCUT2D eigenvalue weighted by molar-refractivity contribution is 6.40. The summed E-state index contributed by atoms with van der Waals surface area (Å²) in [7, 11) is 1.04. The first kappa shape index (κ1) is 4.60. The smallest absolute Gasteiger partial charge is 0.146 e. The Bertz CT molecular complexity index is 33.9. The van der Waals surface area contributed by atoms with Gasteiger partial charge >= 0.3 is 0 Å². The molecular weight excluding hydrogens is 60.9 g/mol. The van der Waals surface area contributed by atoms with Crippen LogP contribution in [0.25, 0.3) is 0 Å². The molecule has 28 valence electrons. The van der Waals surface area contributed by atoms with Gasteiger partial charge in [0.15, 0.2) is 0 Å². The molecule has 0 aliphatic heterocycles. The number of rotatable bonds is 1. The molecule has 0 radical (unpaired) electrons. The molecule has 1 nitrogen and oxygen atoms in total. The maximum atomic E-state index is 4.96. The minimum absolute atomic E-state index is 1.04. The highest BCUT2D eigenvalue weighted by atomic mass is 14.5. The van der Waals surface area contributed by atoms with E-state index in [1.54, 1.807) is 6.20 Å². The zero-order chi connectivity index (χ0) is 4.12. The average Bonchev–Trinajstić information content (AvgIpc) is 1.41. The lowest BCUT2D eigenvalue weighted by molar-refractivity contribution is 1.63. The third kappa shape index (κ3) is 3.60. The molecule has 0 aromatic heterocycles. The summed E-state index contributed by atoms with van der Waals surface area (Å²) in [5, 5.41) is 0. The van der Waals surface area contributed by atoms with Gasteiger partial charge in [0.25, 0.3) is 0 Å². The van der Waals surface area contributed by atoms with Crippen molar-refractivity contribution in [3.63, 3.8) is 0 Å². The molecule has 2 N–H and O–H groups in total. The summed E-state index contributed by atoms with van der Waals surface area (Å²) in [6, 6.07) is 0. The van der Waals surface area contributed by atoms with Gasteiger partial charge in [0.1, 0.15) is 7.28 Å². The highest BCUT2D eigenvalue weighted by Crippen LogP contribution is 1.53. The van der Waals surface area contributed by atoms with Gasteiger partial charge in [-0.3, -0.25) is 0 Å². The summed E-state index contributed by atoms with van der Waals surface area (Å²) in [5.41, 5.74) is 4.96. The van der Waals surface area contributed by atoms with E-state index in [1.165, 1.54) is 0 Å². The van der Waals surface area contributed by atoms with Crippen molar-refractivity contribution in [1.82, 2.24) is 0 Å². The third-order valence-corrected chi connectivity index (χ3v) is 0.372. The van der Waals surface area contributed by atoms with Crippen LogP contribution in [-0.2, 0) is 0 Å². The molecule has 0 aliphatic rings. The van der Waals surface area contributed by atoms with Crippen LogP contribution in [0.5, 0.6) is 0 Å². The molecule has 0 heterocycles. The SMILES string of the molecule is CBC=CN. The predicted octanol–water partition coefficient (Wildman–Crippen LogP) is -0.0991. The summed E-state index contributed by atoms with van der Waals surface area (Å²) >= 11 is 0. The Morgan fingerprint density at radius 1 is 1.80 bits per heavy atom. The Morgan fingerprint density at radius 2 is 2.40 bits per heavy atom. The van der Waals surface area contributed by atoms with Crippen LogP contribution < -0.4 is 5.73 Å². The van der Waals surface area contributed by atoms with E-state index < -0.39 is 0 Å². The van der Waals surface area contributed by atoms with E-state index in [9.17, 15) is 0 Å². The average molecular weight is 68.9 g/mol. The molecule has 0 spiro atoms. The Balaban J connectivity index is 2.62. The second kappa shape index (κ2) is 3.60. The molecule has 5 heavy (non-hydrogen) atoms. The summed E-state index contributed by atoms with van der Waals surface area (Å²) in [6.45, 7) is 2.04. The fourth-order valence-electron chi connectivity index (χ4n) is 0.136. The monoisotopic (exact) mass is 69.1 g/mol. The molecule has 0 fully saturated rings. The summed E-state index contributed by atoms with van der Waals surface area (Å²) < 4.78 is 0. The van der Waals surface area contributed by atoms with Crippen molar-refractivity contribution in [2.45, 2.75) is 6.82 Å². The molecule has 0 unspecified atom stereocenters. The van der Waals surface area contributed by atoms with Crippen LogP contribution in [0.1, 0.15) is 0 Å². The quantitative estimate of drug-likeness (QED) is 0.427. The number of nitrogens with two attached hydrogens (primary N) is 1. The van der Waals surface area contributed by atoms with E-state index in [4.69, 9.17) is 5.73 Å². The van der Waals surface area contributed by atoms with Gasteiger partial charge in [0, 0.05) is 0 Å². The van der Waals surface area contributed by atoms with E-state index in [0.717, 1.165) is 7.28 Å². The van der Waals surface area contributed by atoms with Gasteiger partial charge in [0.05, 0.1) is 0 Å². The lowest BCUT2D eigenvalue weighted by Crippen LogP contribution is -1.78. The van der Waals surface area contributed by atoms with Crippen LogP contribution in [-0.4, -0.2) is 7.28 Å². The van der Waals surface area contributed by atoms with Gasteiger partial charge in [-0.15, -0.1) is 5.98 Å². The molecule has 0 saturated heterocycles. The van der Waals surface area contributed by atoms with Crippen LogP contribution in [0.4, 0.5) is 0 Å². The first-order valence-corrected chi connectivity index (χ1v) is 1.78. The van der Waals surface area contributed by atoms with Gasteiger partial charge < -0.3 is 5.73 Å². The van der Waals surface area contributed by atoms with E-state index in [2.05, 4.69) is 0 Å². The third-order valence-electron chi connectivity index (χ3n) is 0.372. The molecule has 0 amide bonds. The second-order valence-electron chi connectivity index (χ2n) is 0.836. The fraction of sp³-hybridized carbons (Fsp3) is 0.333. The lowest BCUT2D eigenvalue weighted by atomic mass is 9.83. The molecule has 0 bridgehead atoms. The normalized spacial score (nSPS) is 9.00. The second-order valence-corrected chi connectivity index (χ2v) is 0.836. The fourth-order valence-corrected chi connectivity index (χ4v) is 0.136. The molecule has 0 atom stereocenters. The standard InChI is InChI=1S/C3H8BN/c1-4-2-3-5/h2-4H,5H2,1H3. The minimum Gasteiger partial charge on any atom is -0.406 e. The maximum absolute atomic E-state index is 4.96. The van der Waals surface area contributed by atoms with E-state index in [1.807, 2.05) is 12.8 Å². The van der Waals surface area contributed by atoms with Gasteiger partial charge in [-0.25, -0.2) is 0 Å². The Labute approximate surface area is 33.1 Å². The molecule has 0 aromatic carbocycles. The predicted molar refractivity (Wildman–Crippen MR) is 26.3 cm³/mol. The van der Waals surface area contributed by atoms with Crippen molar-refractivity contribution in [3.8, 4) is 0 Å². The van der Waals surface area contributed by atoms with Crippen LogP contribution in [0.15, 0.2) is 12.2 Å². The number of hydrogen-bond acceptors (Lipinski definition) is 1. The molecular formula is C3H8BN. The summed E-state index contributed by atoms with van der Waals surface area (Å²) in [5.74, 6) is 1.90. The van der Waals surface area contributed by atoms with Gasteiger partial charge in [0.2, 0.25) is 0 Å². The Hall–Kier alpha value is -0.395.